The molecule has 132 valence electrons. The largest absolute Gasteiger partial charge is 0.371 e. The van der Waals surface area contributed by atoms with Gasteiger partial charge in [-0.05, 0) is 43.4 Å². The Labute approximate surface area is 143 Å². The van der Waals surface area contributed by atoms with Crippen LogP contribution < -0.4 is 0 Å². The summed E-state index contributed by atoms with van der Waals surface area (Å²) in [4.78, 5) is 17.0. The van der Waals surface area contributed by atoms with Crippen molar-refractivity contribution in [3.05, 3.63) is 35.6 Å². The zero-order valence-electron chi connectivity index (χ0n) is 14.4. The van der Waals surface area contributed by atoms with Crippen LogP contribution in [0.4, 0.5) is 4.39 Å². The second-order valence-electron chi connectivity index (χ2n) is 6.79. The van der Waals surface area contributed by atoms with E-state index in [1.807, 2.05) is 0 Å². The van der Waals surface area contributed by atoms with Crippen molar-refractivity contribution in [3.63, 3.8) is 0 Å². The molecule has 0 aromatic heterocycles. The molecule has 3 rings (SSSR count). The van der Waals surface area contributed by atoms with E-state index in [4.69, 9.17) is 4.74 Å². The van der Waals surface area contributed by atoms with E-state index in [9.17, 15) is 9.18 Å². The summed E-state index contributed by atoms with van der Waals surface area (Å²) in [5.41, 5.74) is 0.970. The first kappa shape index (κ1) is 17.4. The topological polar surface area (TPSA) is 32.8 Å². The van der Waals surface area contributed by atoms with Gasteiger partial charge in [0.05, 0.1) is 19.3 Å². The molecule has 5 heteroatoms. The molecule has 0 aliphatic carbocycles. The van der Waals surface area contributed by atoms with Gasteiger partial charge in [-0.2, -0.15) is 0 Å². The number of ether oxygens (including phenoxy) is 1. The van der Waals surface area contributed by atoms with Gasteiger partial charge in [0.2, 0.25) is 5.91 Å². The summed E-state index contributed by atoms with van der Waals surface area (Å²) in [6, 6.07) is 6.86. The highest BCUT2D eigenvalue weighted by atomic mass is 19.1. The van der Waals surface area contributed by atoms with Gasteiger partial charge in [0.15, 0.2) is 0 Å². The van der Waals surface area contributed by atoms with Crippen molar-refractivity contribution in [2.24, 2.45) is 0 Å². The second-order valence-corrected chi connectivity index (χ2v) is 6.79. The fourth-order valence-corrected chi connectivity index (χ4v) is 3.76. The van der Waals surface area contributed by atoms with Crippen LogP contribution in [0.3, 0.4) is 0 Å². The fraction of sp³-hybridized carbons (Fsp3) is 0.632. The summed E-state index contributed by atoms with van der Waals surface area (Å²) in [5.74, 6) is -0.00129. The van der Waals surface area contributed by atoms with E-state index in [0.717, 1.165) is 37.9 Å². The molecule has 1 aromatic rings. The number of hydrogen-bond acceptors (Lipinski definition) is 3. The highest BCUT2D eigenvalue weighted by Crippen LogP contribution is 2.24. The first-order valence-electron chi connectivity index (χ1n) is 9.06. The maximum Gasteiger partial charge on any atom is 0.236 e. The van der Waals surface area contributed by atoms with Crippen molar-refractivity contribution in [3.8, 4) is 0 Å². The number of rotatable bonds is 4. The molecule has 1 amide bonds. The van der Waals surface area contributed by atoms with E-state index in [0.29, 0.717) is 25.7 Å². The number of hydrogen-bond donors (Lipinski definition) is 0. The molecule has 24 heavy (non-hydrogen) atoms. The van der Waals surface area contributed by atoms with E-state index < -0.39 is 0 Å². The molecule has 0 bridgehead atoms. The van der Waals surface area contributed by atoms with E-state index in [2.05, 4.69) is 16.7 Å². The molecule has 4 nitrogen and oxygen atoms in total. The average Bonchev–Trinajstić information content (AvgIpc) is 2.62. The van der Waals surface area contributed by atoms with Crippen LogP contribution in [0.2, 0.25) is 0 Å². The molecule has 2 atom stereocenters. The van der Waals surface area contributed by atoms with Crippen LogP contribution in [-0.2, 0) is 9.53 Å². The van der Waals surface area contributed by atoms with Gasteiger partial charge in [-0.15, -0.1) is 0 Å². The van der Waals surface area contributed by atoms with E-state index in [-0.39, 0.29) is 17.8 Å². The smallest absolute Gasteiger partial charge is 0.236 e. The van der Waals surface area contributed by atoms with Crippen molar-refractivity contribution in [1.82, 2.24) is 9.80 Å². The number of amides is 1. The lowest BCUT2D eigenvalue weighted by Gasteiger charge is -2.38. The van der Waals surface area contributed by atoms with Gasteiger partial charge in [-0.25, -0.2) is 4.39 Å². The molecule has 2 aliphatic rings. The lowest BCUT2D eigenvalue weighted by atomic mass is 10.00. The standard InChI is InChI=1S/C19H27FN2O2/c1-2-17-5-3-4-10-22(17)19(23)14-21-11-12-24-18(13-21)15-6-8-16(20)9-7-15/h6-9,17-18H,2-5,10-14H2,1H3. The molecule has 2 aliphatic heterocycles. The van der Waals surface area contributed by atoms with Crippen molar-refractivity contribution in [2.75, 3.05) is 32.8 Å². The van der Waals surface area contributed by atoms with Crippen LogP contribution in [0, 0.1) is 5.82 Å². The van der Waals surface area contributed by atoms with Gasteiger partial charge in [-0.1, -0.05) is 19.1 Å². The first-order chi connectivity index (χ1) is 11.7. The monoisotopic (exact) mass is 334 g/mol. The summed E-state index contributed by atoms with van der Waals surface area (Å²) < 4.78 is 18.9. The van der Waals surface area contributed by atoms with Crippen molar-refractivity contribution < 1.29 is 13.9 Å². The Bertz CT molecular complexity index is 549. The minimum absolute atomic E-state index is 0.0875. The minimum atomic E-state index is -0.239. The second kappa shape index (κ2) is 8.08. The third kappa shape index (κ3) is 4.14. The van der Waals surface area contributed by atoms with Crippen LogP contribution in [0.15, 0.2) is 24.3 Å². The molecule has 0 radical (unpaired) electrons. The summed E-state index contributed by atoms with van der Waals surface area (Å²) in [6.07, 6.45) is 4.42. The molecule has 0 spiro atoms. The van der Waals surface area contributed by atoms with E-state index in [1.165, 1.54) is 18.6 Å². The molecule has 2 saturated heterocycles. The number of halogens is 1. The maximum atomic E-state index is 13.1. The van der Waals surface area contributed by atoms with Gasteiger partial charge in [0, 0.05) is 25.7 Å². The fourth-order valence-electron chi connectivity index (χ4n) is 3.76. The molecule has 1 aromatic carbocycles. The van der Waals surface area contributed by atoms with Crippen molar-refractivity contribution in [1.29, 1.82) is 0 Å². The number of nitrogens with zero attached hydrogens (tertiary/aromatic N) is 2. The normalized spacial score (nSPS) is 25.7. The Morgan fingerprint density at radius 2 is 2.04 bits per heavy atom. The maximum absolute atomic E-state index is 13.1. The summed E-state index contributed by atoms with van der Waals surface area (Å²) in [7, 11) is 0. The van der Waals surface area contributed by atoms with Crippen LogP contribution in [0.5, 0.6) is 0 Å². The van der Waals surface area contributed by atoms with Crippen molar-refractivity contribution in [2.45, 2.75) is 44.8 Å². The number of benzene rings is 1. The third-order valence-corrected chi connectivity index (χ3v) is 5.17. The Morgan fingerprint density at radius 3 is 2.79 bits per heavy atom. The number of likely N-dealkylation sites (tertiary alicyclic amines) is 1. The molecule has 0 saturated carbocycles. The van der Waals surface area contributed by atoms with E-state index >= 15 is 0 Å². The highest BCUT2D eigenvalue weighted by molar-refractivity contribution is 5.78. The van der Waals surface area contributed by atoms with Crippen LogP contribution in [-0.4, -0.2) is 54.5 Å². The summed E-state index contributed by atoms with van der Waals surface area (Å²) in [6.45, 7) is 5.57. The molecule has 2 fully saturated rings. The van der Waals surface area contributed by atoms with Gasteiger partial charge in [0.1, 0.15) is 5.82 Å². The summed E-state index contributed by atoms with van der Waals surface area (Å²) >= 11 is 0. The Kier molecular flexibility index (Phi) is 5.85. The zero-order chi connectivity index (χ0) is 16.9. The number of carbonyl (C=O) groups excluding carboxylic acids is 1. The SMILES string of the molecule is CCC1CCCCN1C(=O)CN1CCOC(c2ccc(F)cc2)C1. The van der Waals surface area contributed by atoms with Crippen molar-refractivity contribution >= 4 is 5.91 Å². The number of carbonyl (C=O) groups is 1. The van der Waals surface area contributed by atoms with E-state index in [1.54, 1.807) is 12.1 Å². The highest BCUT2D eigenvalue weighted by Gasteiger charge is 2.29. The Hall–Kier alpha value is -1.46. The van der Waals surface area contributed by atoms with Gasteiger partial charge in [0.25, 0.3) is 0 Å². The number of piperidine rings is 1. The quantitative estimate of drug-likeness (QED) is 0.849. The average molecular weight is 334 g/mol. The molecule has 2 heterocycles. The molecule has 2 unspecified atom stereocenters. The lowest BCUT2D eigenvalue weighted by molar-refractivity contribution is -0.138. The van der Waals surface area contributed by atoms with Crippen LogP contribution in [0.25, 0.3) is 0 Å². The predicted octanol–water partition coefficient (Wildman–Crippen LogP) is 2.99. The number of morpholine rings is 1. The first-order valence-corrected chi connectivity index (χ1v) is 9.06. The van der Waals surface area contributed by atoms with Crippen LogP contribution in [0.1, 0.15) is 44.3 Å². The van der Waals surface area contributed by atoms with Gasteiger partial charge in [-0.3, -0.25) is 9.69 Å². The minimum Gasteiger partial charge on any atom is -0.371 e. The van der Waals surface area contributed by atoms with Crippen LogP contribution >= 0.6 is 0 Å². The Morgan fingerprint density at radius 1 is 1.25 bits per heavy atom. The molecular formula is C19H27FN2O2. The molecular weight excluding hydrogens is 307 g/mol. The Balaban J connectivity index is 1.58. The van der Waals surface area contributed by atoms with Gasteiger partial charge < -0.3 is 9.64 Å². The zero-order valence-corrected chi connectivity index (χ0v) is 14.4. The third-order valence-electron chi connectivity index (χ3n) is 5.17. The van der Waals surface area contributed by atoms with Gasteiger partial charge >= 0.3 is 0 Å². The summed E-state index contributed by atoms with van der Waals surface area (Å²) in [5, 5.41) is 0. The lowest BCUT2D eigenvalue weighted by Crippen LogP contribution is -2.50. The molecule has 0 N–H and O–H groups in total. The predicted molar refractivity (Wildman–Crippen MR) is 91.2 cm³/mol.